The molecule has 1 aromatic heterocycles. The van der Waals surface area contributed by atoms with E-state index in [4.69, 9.17) is 17.3 Å². The maximum absolute atomic E-state index is 5.99. The Balaban J connectivity index is 2.12. The second kappa shape index (κ2) is 6.33. The summed E-state index contributed by atoms with van der Waals surface area (Å²) in [5.74, 6) is 0.614. The van der Waals surface area contributed by atoms with Crippen LogP contribution in [0.25, 0.3) is 0 Å². The van der Waals surface area contributed by atoms with Crippen molar-refractivity contribution in [3.63, 3.8) is 0 Å². The topological polar surface area (TPSA) is 63.8 Å². The fraction of sp³-hybridized carbons (Fsp3) is 0.231. The van der Waals surface area contributed by atoms with E-state index in [1.165, 1.54) is 11.9 Å². The van der Waals surface area contributed by atoms with Gasteiger partial charge in [0, 0.05) is 5.69 Å². The van der Waals surface area contributed by atoms with Crippen LogP contribution >= 0.6 is 11.6 Å². The normalized spacial score (nSPS) is 10.3. The van der Waals surface area contributed by atoms with E-state index in [2.05, 4.69) is 27.4 Å². The molecule has 0 bridgehead atoms. The van der Waals surface area contributed by atoms with Gasteiger partial charge in [-0.05, 0) is 37.1 Å². The molecule has 1 aromatic carbocycles. The number of aromatic nitrogens is 2. The lowest BCUT2D eigenvalue weighted by Crippen LogP contribution is -2.01. The summed E-state index contributed by atoms with van der Waals surface area (Å²) in [6.45, 7) is 0.704. The maximum Gasteiger partial charge on any atom is 0.152 e. The Bertz CT molecular complexity index is 516. The molecular formula is C13H15ClN4. The van der Waals surface area contributed by atoms with Crippen LogP contribution in [0, 0.1) is 0 Å². The first kappa shape index (κ1) is 12.8. The molecule has 3 N–H and O–H groups in total. The summed E-state index contributed by atoms with van der Waals surface area (Å²) < 4.78 is 0. The number of hydrogen-bond acceptors (Lipinski definition) is 4. The van der Waals surface area contributed by atoms with Crippen molar-refractivity contribution < 1.29 is 0 Å². The molecule has 0 spiro atoms. The fourth-order valence-corrected chi connectivity index (χ4v) is 1.80. The number of benzene rings is 1. The van der Waals surface area contributed by atoms with Crippen molar-refractivity contribution in [2.45, 2.75) is 12.8 Å². The smallest absolute Gasteiger partial charge is 0.152 e. The number of hydrogen-bond donors (Lipinski definition) is 2. The van der Waals surface area contributed by atoms with Gasteiger partial charge in [0.1, 0.15) is 11.3 Å². The van der Waals surface area contributed by atoms with Crippen LogP contribution in [0.4, 0.5) is 11.5 Å². The van der Waals surface area contributed by atoms with Gasteiger partial charge in [0.25, 0.3) is 0 Å². The van der Waals surface area contributed by atoms with Crippen molar-refractivity contribution in [2.75, 3.05) is 11.9 Å². The quantitative estimate of drug-likeness (QED) is 0.870. The minimum atomic E-state index is 0.505. The van der Waals surface area contributed by atoms with Crippen LogP contribution in [0.1, 0.15) is 12.0 Å². The second-order valence-electron chi connectivity index (χ2n) is 3.94. The first-order valence-corrected chi connectivity index (χ1v) is 6.19. The predicted octanol–water partition coefficient (Wildman–Crippen LogP) is 2.76. The largest absolute Gasteiger partial charge is 0.339 e. The molecule has 0 aliphatic heterocycles. The van der Waals surface area contributed by atoms with Gasteiger partial charge in [0.05, 0.1) is 6.20 Å². The van der Waals surface area contributed by atoms with Gasteiger partial charge in [-0.1, -0.05) is 23.7 Å². The van der Waals surface area contributed by atoms with Crippen molar-refractivity contribution in [1.29, 1.82) is 0 Å². The average molecular weight is 263 g/mol. The molecule has 4 nitrogen and oxygen atoms in total. The zero-order valence-corrected chi connectivity index (χ0v) is 10.7. The molecule has 1 heterocycles. The molecular weight excluding hydrogens is 248 g/mol. The number of anilines is 2. The van der Waals surface area contributed by atoms with E-state index < -0.39 is 0 Å². The molecule has 0 saturated heterocycles. The maximum atomic E-state index is 5.99. The highest BCUT2D eigenvalue weighted by Crippen LogP contribution is 2.22. The Morgan fingerprint density at radius 1 is 1.33 bits per heavy atom. The minimum absolute atomic E-state index is 0.505. The lowest BCUT2D eigenvalue weighted by molar-refractivity contribution is 0.833. The summed E-state index contributed by atoms with van der Waals surface area (Å²) in [6, 6.07) is 8.14. The van der Waals surface area contributed by atoms with E-state index in [0.717, 1.165) is 18.5 Å². The number of nitrogens with zero attached hydrogens (tertiary/aromatic N) is 2. The van der Waals surface area contributed by atoms with Gasteiger partial charge in [-0.3, -0.25) is 0 Å². The zero-order chi connectivity index (χ0) is 12.8. The summed E-state index contributed by atoms with van der Waals surface area (Å²) in [5, 5.41) is 3.68. The molecule has 0 aliphatic carbocycles. The Morgan fingerprint density at radius 3 is 3.00 bits per heavy atom. The monoisotopic (exact) mass is 262 g/mol. The zero-order valence-electron chi connectivity index (χ0n) is 9.94. The van der Waals surface area contributed by atoms with Crippen LogP contribution in [0.5, 0.6) is 0 Å². The molecule has 0 saturated carbocycles. The molecule has 94 valence electrons. The lowest BCUT2D eigenvalue weighted by atomic mass is 10.1. The van der Waals surface area contributed by atoms with Gasteiger partial charge < -0.3 is 11.1 Å². The minimum Gasteiger partial charge on any atom is -0.339 e. The van der Waals surface area contributed by atoms with Crippen LogP contribution in [0.2, 0.25) is 5.02 Å². The summed E-state index contributed by atoms with van der Waals surface area (Å²) in [6.07, 6.45) is 4.99. The molecule has 0 amide bonds. The van der Waals surface area contributed by atoms with Gasteiger partial charge in [0.15, 0.2) is 5.82 Å². The number of aryl methyl sites for hydroxylation is 1. The Kier molecular flexibility index (Phi) is 4.50. The molecule has 2 rings (SSSR count). The third kappa shape index (κ3) is 3.42. The van der Waals surface area contributed by atoms with Crippen molar-refractivity contribution in [1.82, 2.24) is 9.97 Å². The number of nitrogens with one attached hydrogen (secondary N) is 1. The van der Waals surface area contributed by atoms with Crippen molar-refractivity contribution >= 4 is 23.1 Å². The standard InChI is InChI=1S/C13H15ClN4/c14-12-8-16-9-17-13(12)18-11-5-1-3-10(7-11)4-2-6-15/h1,3,5,7-9H,2,4,6,15H2,(H,16,17,18). The summed E-state index contributed by atoms with van der Waals surface area (Å²) >= 11 is 5.99. The third-order valence-electron chi connectivity index (χ3n) is 2.53. The van der Waals surface area contributed by atoms with Gasteiger partial charge in [-0.15, -0.1) is 0 Å². The Morgan fingerprint density at radius 2 is 2.22 bits per heavy atom. The van der Waals surface area contributed by atoms with Gasteiger partial charge in [0.2, 0.25) is 0 Å². The summed E-state index contributed by atoms with van der Waals surface area (Å²) in [4.78, 5) is 7.94. The molecule has 0 aliphatic rings. The number of halogens is 1. The van der Waals surface area contributed by atoms with Gasteiger partial charge >= 0.3 is 0 Å². The van der Waals surface area contributed by atoms with Crippen molar-refractivity contribution in [3.05, 3.63) is 47.4 Å². The first-order valence-electron chi connectivity index (χ1n) is 5.81. The van der Waals surface area contributed by atoms with E-state index in [1.807, 2.05) is 12.1 Å². The fourth-order valence-electron chi connectivity index (χ4n) is 1.65. The summed E-state index contributed by atoms with van der Waals surface area (Å²) in [7, 11) is 0. The number of nitrogens with two attached hydrogens (primary N) is 1. The van der Waals surface area contributed by atoms with Crippen LogP contribution < -0.4 is 11.1 Å². The molecule has 2 aromatic rings. The Hall–Kier alpha value is -1.65. The van der Waals surface area contributed by atoms with E-state index in [9.17, 15) is 0 Å². The molecule has 5 heteroatoms. The van der Waals surface area contributed by atoms with E-state index in [0.29, 0.717) is 17.4 Å². The van der Waals surface area contributed by atoms with Crippen molar-refractivity contribution in [3.8, 4) is 0 Å². The highest BCUT2D eigenvalue weighted by molar-refractivity contribution is 6.32. The summed E-state index contributed by atoms with van der Waals surface area (Å²) in [5.41, 5.74) is 7.72. The highest BCUT2D eigenvalue weighted by Gasteiger charge is 2.02. The van der Waals surface area contributed by atoms with Crippen LogP contribution in [-0.2, 0) is 6.42 Å². The SMILES string of the molecule is NCCCc1cccc(Nc2ncncc2Cl)c1. The number of rotatable bonds is 5. The second-order valence-corrected chi connectivity index (χ2v) is 4.34. The van der Waals surface area contributed by atoms with Crippen LogP contribution in [-0.4, -0.2) is 16.5 Å². The molecule has 0 fully saturated rings. The first-order chi connectivity index (χ1) is 8.79. The lowest BCUT2D eigenvalue weighted by Gasteiger charge is -2.08. The molecule has 18 heavy (non-hydrogen) atoms. The third-order valence-corrected chi connectivity index (χ3v) is 2.80. The van der Waals surface area contributed by atoms with E-state index in [1.54, 1.807) is 6.20 Å². The van der Waals surface area contributed by atoms with Gasteiger partial charge in [-0.2, -0.15) is 0 Å². The Labute approximate surface area is 111 Å². The highest BCUT2D eigenvalue weighted by atomic mass is 35.5. The molecule has 0 unspecified atom stereocenters. The predicted molar refractivity (Wildman–Crippen MR) is 74.1 cm³/mol. The molecule has 0 atom stereocenters. The van der Waals surface area contributed by atoms with E-state index in [-0.39, 0.29) is 0 Å². The van der Waals surface area contributed by atoms with Crippen molar-refractivity contribution in [2.24, 2.45) is 5.73 Å². The van der Waals surface area contributed by atoms with E-state index >= 15 is 0 Å². The van der Waals surface area contributed by atoms with Crippen LogP contribution in [0.15, 0.2) is 36.8 Å². The van der Waals surface area contributed by atoms with Crippen LogP contribution in [0.3, 0.4) is 0 Å². The molecule has 0 radical (unpaired) electrons. The van der Waals surface area contributed by atoms with Gasteiger partial charge in [-0.25, -0.2) is 9.97 Å². The average Bonchev–Trinajstić information content (AvgIpc) is 2.40.